The van der Waals surface area contributed by atoms with E-state index in [0.717, 1.165) is 120 Å². The molecule has 504 valence electrons. The van der Waals surface area contributed by atoms with Gasteiger partial charge in [-0.25, -0.2) is 0 Å². The van der Waals surface area contributed by atoms with Crippen LogP contribution in [0.5, 0.6) is 0 Å². The molecule has 0 aliphatic heterocycles. The summed E-state index contributed by atoms with van der Waals surface area (Å²) in [6.45, 7) is 24.5. The van der Waals surface area contributed by atoms with E-state index >= 15 is 0 Å². The summed E-state index contributed by atoms with van der Waals surface area (Å²) in [6.07, 6.45) is 33.0. The van der Waals surface area contributed by atoms with E-state index in [4.69, 9.17) is 28.4 Å². The van der Waals surface area contributed by atoms with Crippen LogP contribution in [0.3, 0.4) is 0 Å². The van der Waals surface area contributed by atoms with Gasteiger partial charge in [-0.1, -0.05) is 40.5 Å². The molecule has 16 saturated carbocycles. The van der Waals surface area contributed by atoms with Crippen molar-refractivity contribution in [1.29, 1.82) is 0 Å². The maximum Gasteiger partial charge on any atom is 0.311 e. The third kappa shape index (κ3) is 11.7. The molecule has 20 unspecified atom stereocenters. The quantitative estimate of drug-likeness (QED) is 0.0819. The first kappa shape index (κ1) is 65.5. The lowest BCUT2D eigenvalue weighted by Crippen LogP contribution is -2.58. The number of fused-ring (bicyclic) bond motifs is 20. The Morgan fingerprint density at radius 3 is 1.18 bits per heavy atom. The van der Waals surface area contributed by atoms with Crippen LogP contribution < -0.4 is 0 Å². The molecule has 0 N–H and O–H groups in total. The molecule has 0 aromatic rings. The minimum absolute atomic E-state index is 0.00275. The molecule has 0 aromatic carbocycles. The van der Waals surface area contributed by atoms with Gasteiger partial charge in [0.25, 0.3) is 0 Å². The molecule has 0 spiro atoms. The molecule has 90 heavy (non-hydrogen) atoms. The SMILES string of the molecule is CCC(C)(C)C(=O)OC1CC2CC(C(=O)OC3(C)C4CC5CC(C4)CC3C5)C1C2.CCC(C)(C)C(=O)OC1CC2CC1C1C3CC(CC3C(=O)OC3(C)CCCCC3)C21.CCC1(OC(=O)C2CC3CC2C2C4CC(CC4OC(=O)C(C)(C)CC)C32)CCCCC1. The lowest BCUT2D eigenvalue weighted by Gasteiger charge is -2.59. The minimum atomic E-state index is -0.453. The van der Waals surface area contributed by atoms with Crippen molar-refractivity contribution in [3.05, 3.63) is 0 Å². The average molecular weight is 1250 g/mol. The summed E-state index contributed by atoms with van der Waals surface area (Å²) in [5, 5.41) is 0. The summed E-state index contributed by atoms with van der Waals surface area (Å²) in [5.74, 6) is 10.9. The van der Waals surface area contributed by atoms with Gasteiger partial charge in [0.15, 0.2) is 0 Å². The second kappa shape index (κ2) is 24.5. The molecule has 16 rings (SSSR count). The number of ether oxygens (including phenoxy) is 6. The van der Waals surface area contributed by atoms with Crippen LogP contribution in [0.2, 0.25) is 0 Å². The lowest BCUT2D eigenvalue weighted by molar-refractivity contribution is -0.210. The molecule has 12 heteroatoms. The van der Waals surface area contributed by atoms with Crippen molar-refractivity contribution in [3.63, 3.8) is 0 Å². The standard InChI is InChI=1S/C27H42O4.C26H40O4.C25H38O4/c1-5-26(3,4)25(29)30-21-15-17-14-20(21)23-18-12-16(22(17)23)13-19(18)24(28)31-27(6-2)10-8-7-9-11-27;1-5-25(2,3)24(28)29-20-14-16-13-19(20)22-17-11-15(21(16)22)12-18(17)23(27)30-26(4)9-7-6-8-10-26;1-5-24(2,3)23(27)28-21-13-16-11-19(21)20(12-16)22(26)29-25(4)17-7-14-6-15(9-17)10-18(25)8-14/h16-23H,5-15H2,1-4H3;15-22H,5-14H2,1-4H3;14-21H,5-13H2,1-4H3. The van der Waals surface area contributed by atoms with Crippen LogP contribution in [0.1, 0.15) is 276 Å². The number of hydrogen-bond acceptors (Lipinski definition) is 12. The van der Waals surface area contributed by atoms with E-state index in [1.165, 1.54) is 96.3 Å². The third-order valence-electron chi connectivity index (χ3n) is 30.3. The van der Waals surface area contributed by atoms with Crippen LogP contribution in [0.25, 0.3) is 0 Å². The van der Waals surface area contributed by atoms with Crippen molar-refractivity contribution in [2.45, 2.75) is 311 Å². The smallest absolute Gasteiger partial charge is 0.311 e. The highest BCUT2D eigenvalue weighted by molar-refractivity contribution is 5.78. The van der Waals surface area contributed by atoms with Gasteiger partial charge in [-0.3, -0.25) is 28.8 Å². The number of esters is 6. The number of carbonyl (C=O) groups is 6. The Kier molecular flexibility index (Phi) is 17.8. The van der Waals surface area contributed by atoms with Crippen LogP contribution >= 0.6 is 0 Å². The molecule has 0 saturated heterocycles. The first-order valence-electron chi connectivity index (χ1n) is 38.0. The molecule has 0 radical (unpaired) electrons. The maximum atomic E-state index is 13.4. The van der Waals surface area contributed by atoms with E-state index in [0.29, 0.717) is 76.9 Å². The maximum absolute atomic E-state index is 13.4. The zero-order valence-corrected chi connectivity index (χ0v) is 58.0. The van der Waals surface area contributed by atoms with E-state index in [-0.39, 0.29) is 94.6 Å². The molecule has 0 heterocycles. The van der Waals surface area contributed by atoms with Crippen molar-refractivity contribution in [2.24, 2.45) is 141 Å². The lowest BCUT2D eigenvalue weighted by atomic mass is 9.50. The Morgan fingerprint density at radius 1 is 0.367 bits per heavy atom. The largest absolute Gasteiger partial charge is 0.462 e. The van der Waals surface area contributed by atoms with E-state index in [2.05, 4.69) is 34.6 Å². The van der Waals surface area contributed by atoms with Crippen molar-refractivity contribution < 1.29 is 57.2 Å². The normalized spacial score (nSPS) is 44.4. The highest BCUT2D eigenvalue weighted by atomic mass is 16.6. The second-order valence-corrected chi connectivity index (χ2v) is 36.4. The van der Waals surface area contributed by atoms with Gasteiger partial charge in [-0.05, 0) is 336 Å². The fourth-order valence-electron chi connectivity index (χ4n) is 24.2. The van der Waals surface area contributed by atoms with Crippen LogP contribution in [0.15, 0.2) is 0 Å². The number of hydrogen-bond donors (Lipinski definition) is 0. The van der Waals surface area contributed by atoms with Crippen molar-refractivity contribution in [1.82, 2.24) is 0 Å². The zero-order valence-electron chi connectivity index (χ0n) is 58.0. The highest BCUT2D eigenvalue weighted by Gasteiger charge is 2.69. The van der Waals surface area contributed by atoms with Gasteiger partial charge in [0.2, 0.25) is 0 Å². The first-order valence-corrected chi connectivity index (χ1v) is 38.0. The second-order valence-electron chi connectivity index (χ2n) is 36.4. The van der Waals surface area contributed by atoms with Gasteiger partial charge < -0.3 is 28.4 Å². The van der Waals surface area contributed by atoms with Gasteiger partial charge in [0.05, 0.1) is 34.0 Å². The van der Waals surface area contributed by atoms with Crippen molar-refractivity contribution in [3.8, 4) is 0 Å². The van der Waals surface area contributed by atoms with Crippen LogP contribution in [-0.4, -0.2) is 70.9 Å². The summed E-state index contributed by atoms with van der Waals surface area (Å²) in [7, 11) is 0. The summed E-state index contributed by atoms with van der Waals surface area (Å²) in [6, 6.07) is 0. The summed E-state index contributed by atoms with van der Waals surface area (Å²) >= 11 is 0. The predicted molar refractivity (Wildman–Crippen MR) is 343 cm³/mol. The van der Waals surface area contributed by atoms with E-state index < -0.39 is 16.2 Å². The minimum Gasteiger partial charge on any atom is -0.462 e. The Labute approximate surface area is 541 Å². The van der Waals surface area contributed by atoms with Crippen LogP contribution in [0.4, 0.5) is 0 Å². The van der Waals surface area contributed by atoms with Gasteiger partial charge in [-0.15, -0.1) is 0 Å². The van der Waals surface area contributed by atoms with Gasteiger partial charge in [-0.2, -0.15) is 0 Å². The molecular formula is C78H120O12. The first-order chi connectivity index (χ1) is 42.7. The van der Waals surface area contributed by atoms with Crippen LogP contribution in [-0.2, 0) is 57.2 Å². The van der Waals surface area contributed by atoms with E-state index in [1.54, 1.807) is 0 Å². The summed E-state index contributed by atoms with van der Waals surface area (Å²) in [4.78, 5) is 78.0. The summed E-state index contributed by atoms with van der Waals surface area (Å²) in [5.41, 5.74) is -1.97. The Morgan fingerprint density at radius 2 is 0.744 bits per heavy atom. The van der Waals surface area contributed by atoms with E-state index in [1.807, 2.05) is 48.5 Å². The predicted octanol–water partition coefficient (Wildman–Crippen LogP) is 16.6. The Balaban J connectivity index is 0.000000124. The number of rotatable bonds is 16. The van der Waals surface area contributed by atoms with Gasteiger partial charge >= 0.3 is 35.8 Å². The van der Waals surface area contributed by atoms with E-state index in [9.17, 15) is 28.8 Å². The molecule has 0 amide bonds. The fraction of sp³-hybridized carbons (Fsp3) is 0.923. The highest BCUT2D eigenvalue weighted by Crippen LogP contribution is 2.71. The fourth-order valence-corrected chi connectivity index (χ4v) is 24.2. The Bertz CT molecular complexity index is 2660. The molecule has 16 aliphatic carbocycles. The van der Waals surface area contributed by atoms with Gasteiger partial charge in [0, 0.05) is 5.92 Å². The number of carbonyl (C=O) groups excluding carboxylic acids is 6. The molecule has 16 fully saturated rings. The Hall–Kier alpha value is -3.18. The van der Waals surface area contributed by atoms with Gasteiger partial charge in [0.1, 0.15) is 35.1 Å². The molecule has 14 bridgehead atoms. The zero-order chi connectivity index (χ0) is 63.8. The topological polar surface area (TPSA) is 158 Å². The molecular weight excluding hydrogens is 1130 g/mol. The van der Waals surface area contributed by atoms with Crippen molar-refractivity contribution in [2.75, 3.05) is 0 Å². The van der Waals surface area contributed by atoms with Crippen LogP contribution in [0, 0.1) is 141 Å². The van der Waals surface area contributed by atoms with Crippen molar-refractivity contribution >= 4 is 35.8 Å². The molecule has 16 aliphatic rings. The monoisotopic (exact) mass is 1250 g/mol. The molecule has 0 aromatic heterocycles. The average Bonchev–Trinajstić information content (AvgIpc) is 1.50. The summed E-state index contributed by atoms with van der Waals surface area (Å²) < 4.78 is 37.1. The third-order valence-corrected chi connectivity index (χ3v) is 30.3. The molecule has 12 nitrogen and oxygen atoms in total. The molecule has 20 atom stereocenters.